The van der Waals surface area contributed by atoms with Gasteiger partial charge in [0, 0.05) is 12.1 Å². The van der Waals surface area contributed by atoms with Gasteiger partial charge in [-0.15, -0.1) is 0 Å². The molecule has 1 aromatic rings. The smallest absolute Gasteiger partial charge is 0.222 e. The normalized spacial score (nSPS) is 23.7. The first kappa shape index (κ1) is 14.1. The number of hydrogen-bond donors (Lipinski definition) is 2. The van der Waals surface area contributed by atoms with Crippen LogP contribution in [0.4, 0.5) is 5.82 Å². The number of aryl methyl sites for hydroxylation is 1. The Balaban J connectivity index is 2.15. The van der Waals surface area contributed by atoms with Gasteiger partial charge in [0.15, 0.2) is 0 Å². The molecular formula is C13H19ClN4O. The lowest BCUT2D eigenvalue weighted by Gasteiger charge is -2.24. The Morgan fingerprint density at radius 2 is 2.11 bits per heavy atom. The zero-order chi connectivity index (χ0) is 13.8. The van der Waals surface area contributed by atoms with E-state index in [1.807, 2.05) is 0 Å². The summed E-state index contributed by atoms with van der Waals surface area (Å²) >= 11 is 5.92. The number of rotatable bonds is 3. The number of carbonyl (C=O) groups excluding carboxylic acids is 1. The van der Waals surface area contributed by atoms with E-state index in [0.29, 0.717) is 16.8 Å². The van der Waals surface area contributed by atoms with E-state index in [9.17, 15) is 4.79 Å². The molecule has 1 aliphatic rings. The van der Waals surface area contributed by atoms with E-state index in [1.165, 1.54) is 0 Å². The second-order valence-electron chi connectivity index (χ2n) is 5.02. The molecule has 0 spiro atoms. The summed E-state index contributed by atoms with van der Waals surface area (Å²) in [5.74, 6) is 0.891. The Kier molecular flexibility index (Phi) is 4.58. The van der Waals surface area contributed by atoms with Crippen molar-refractivity contribution in [1.29, 1.82) is 0 Å². The molecule has 0 radical (unpaired) electrons. The third-order valence-electron chi connectivity index (χ3n) is 3.52. The van der Waals surface area contributed by atoms with Crippen molar-refractivity contribution < 1.29 is 4.79 Å². The fraction of sp³-hybridized carbons (Fsp3) is 0.615. The molecule has 2 rings (SSSR count). The maximum Gasteiger partial charge on any atom is 0.222 e. The molecule has 19 heavy (non-hydrogen) atoms. The third-order valence-corrected chi connectivity index (χ3v) is 3.72. The minimum absolute atomic E-state index is 0.0327. The van der Waals surface area contributed by atoms with Gasteiger partial charge in [0.1, 0.15) is 16.8 Å². The maximum atomic E-state index is 11.6. The zero-order valence-corrected chi connectivity index (χ0v) is 11.8. The first-order chi connectivity index (χ1) is 9.06. The number of nitrogens with one attached hydrogen (secondary N) is 1. The van der Waals surface area contributed by atoms with E-state index in [2.05, 4.69) is 15.3 Å². The molecule has 5 nitrogen and oxygen atoms in total. The van der Waals surface area contributed by atoms with Crippen molar-refractivity contribution in [3.05, 3.63) is 17.0 Å². The molecule has 0 saturated heterocycles. The summed E-state index contributed by atoms with van der Waals surface area (Å²) in [7, 11) is 0. The molecular weight excluding hydrogens is 264 g/mol. The lowest BCUT2D eigenvalue weighted by molar-refractivity contribution is -0.122. The predicted molar refractivity (Wildman–Crippen MR) is 75.0 cm³/mol. The van der Waals surface area contributed by atoms with Crippen LogP contribution in [0.25, 0.3) is 0 Å². The van der Waals surface area contributed by atoms with Crippen molar-refractivity contribution in [1.82, 2.24) is 9.97 Å². The number of aromatic nitrogens is 2. The van der Waals surface area contributed by atoms with Crippen molar-refractivity contribution in [2.45, 2.75) is 45.1 Å². The van der Waals surface area contributed by atoms with Gasteiger partial charge in [-0.1, -0.05) is 30.9 Å². The van der Waals surface area contributed by atoms with Crippen LogP contribution in [-0.4, -0.2) is 21.9 Å². The van der Waals surface area contributed by atoms with Crippen molar-refractivity contribution in [2.24, 2.45) is 11.7 Å². The molecule has 0 aromatic carbocycles. The second kappa shape index (κ2) is 6.19. The van der Waals surface area contributed by atoms with Crippen LogP contribution in [-0.2, 0) is 4.79 Å². The Bertz CT molecular complexity index is 446. The molecule has 1 amide bonds. The minimum atomic E-state index is -0.240. The molecule has 0 bridgehead atoms. The van der Waals surface area contributed by atoms with Crippen LogP contribution in [0.1, 0.15) is 37.9 Å². The van der Waals surface area contributed by atoms with Crippen LogP contribution in [0, 0.1) is 12.8 Å². The molecule has 1 aliphatic carbocycles. The number of anilines is 1. The van der Waals surface area contributed by atoms with Gasteiger partial charge in [0.2, 0.25) is 5.91 Å². The van der Waals surface area contributed by atoms with Crippen LogP contribution in [0.3, 0.4) is 0 Å². The quantitative estimate of drug-likeness (QED) is 0.658. The number of amides is 1. The topological polar surface area (TPSA) is 80.9 Å². The van der Waals surface area contributed by atoms with Gasteiger partial charge >= 0.3 is 0 Å². The average Bonchev–Trinajstić information content (AvgIpc) is 2.53. The second-order valence-corrected chi connectivity index (χ2v) is 5.41. The molecule has 104 valence electrons. The summed E-state index contributed by atoms with van der Waals surface area (Å²) in [6.07, 6.45) is 5.05. The highest BCUT2D eigenvalue weighted by molar-refractivity contribution is 6.29. The molecule has 3 N–H and O–H groups in total. The van der Waals surface area contributed by atoms with Crippen LogP contribution < -0.4 is 11.1 Å². The van der Waals surface area contributed by atoms with Gasteiger partial charge in [-0.05, 0) is 19.8 Å². The van der Waals surface area contributed by atoms with Gasteiger partial charge in [-0.2, -0.15) is 0 Å². The van der Waals surface area contributed by atoms with Crippen LogP contribution >= 0.6 is 11.6 Å². The van der Waals surface area contributed by atoms with Gasteiger partial charge in [0.25, 0.3) is 0 Å². The van der Waals surface area contributed by atoms with E-state index in [4.69, 9.17) is 17.3 Å². The number of carbonyl (C=O) groups is 1. The monoisotopic (exact) mass is 282 g/mol. The summed E-state index contributed by atoms with van der Waals surface area (Å²) < 4.78 is 0. The highest BCUT2D eigenvalue weighted by Crippen LogP contribution is 2.26. The first-order valence-corrected chi connectivity index (χ1v) is 7.01. The molecule has 0 unspecified atom stereocenters. The van der Waals surface area contributed by atoms with Gasteiger partial charge in [0.05, 0.1) is 5.92 Å². The van der Waals surface area contributed by atoms with E-state index in [1.54, 1.807) is 13.0 Å². The van der Waals surface area contributed by atoms with Crippen molar-refractivity contribution >= 4 is 23.3 Å². The number of nitrogens with two attached hydrogens (primary N) is 1. The fourth-order valence-corrected chi connectivity index (χ4v) is 2.84. The fourth-order valence-electron chi connectivity index (χ4n) is 2.62. The average molecular weight is 283 g/mol. The van der Waals surface area contributed by atoms with E-state index in [0.717, 1.165) is 32.1 Å². The summed E-state index contributed by atoms with van der Waals surface area (Å²) in [6.45, 7) is 1.79. The number of primary amides is 1. The Labute approximate surface area is 118 Å². The zero-order valence-electron chi connectivity index (χ0n) is 11.0. The number of nitrogens with zero attached hydrogens (tertiary/aromatic N) is 2. The molecule has 1 fully saturated rings. The molecule has 2 atom stereocenters. The minimum Gasteiger partial charge on any atom is -0.369 e. The van der Waals surface area contributed by atoms with Crippen molar-refractivity contribution in [3.63, 3.8) is 0 Å². The van der Waals surface area contributed by atoms with Crippen molar-refractivity contribution in [3.8, 4) is 0 Å². The summed E-state index contributed by atoms with van der Waals surface area (Å²) in [5, 5.41) is 3.70. The Morgan fingerprint density at radius 1 is 1.37 bits per heavy atom. The molecule has 1 aromatic heterocycles. The van der Waals surface area contributed by atoms with Gasteiger partial charge < -0.3 is 11.1 Å². The van der Waals surface area contributed by atoms with Gasteiger partial charge in [-0.25, -0.2) is 9.97 Å². The molecule has 1 heterocycles. The van der Waals surface area contributed by atoms with Crippen molar-refractivity contribution in [2.75, 3.05) is 5.32 Å². The standard InChI is InChI=1S/C13H19ClN4O/c1-8-16-11(14)7-12(17-8)18-10-6-4-2-3-5-9(10)13(15)19/h7,9-10H,2-6H2,1H3,(H2,15,19)(H,16,17,18)/t9-,10+/m0/s1. The van der Waals surface area contributed by atoms with E-state index in [-0.39, 0.29) is 17.9 Å². The predicted octanol–water partition coefficient (Wildman–Crippen LogP) is 2.28. The molecule has 1 saturated carbocycles. The lowest BCUT2D eigenvalue weighted by Crippen LogP contribution is -2.37. The van der Waals surface area contributed by atoms with Gasteiger partial charge in [-0.3, -0.25) is 4.79 Å². The Hall–Kier alpha value is -1.36. The lowest BCUT2D eigenvalue weighted by atomic mass is 9.94. The summed E-state index contributed by atoms with van der Waals surface area (Å²) in [5.41, 5.74) is 5.50. The molecule has 0 aliphatic heterocycles. The SMILES string of the molecule is Cc1nc(Cl)cc(N[C@@H]2CCCCC[C@@H]2C(N)=O)n1. The van der Waals surface area contributed by atoms with E-state index < -0.39 is 0 Å². The van der Waals surface area contributed by atoms with Crippen LogP contribution in [0.5, 0.6) is 0 Å². The maximum absolute atomic E-state index is 11.6. The molecule has 6 heteroatoms. The largest absolute Gasteiger partial charge is 0.369 e. The van der Waals surface area contributed by atoms with Crippen LogP contribution in [0.15, 0.2) is 6.07 Å². The number of hydrogen-bond acceptors (Lipinski definition) is 4. The number of halogens is 1. The van der Waals surface area contributed by atoms with Crippen LogP contribution in [0.2, 0.25) is 5.15 Å². The summed E-state index contributed by atoms with van der Waals surface area (Å²) in [6, 6.07) is 1.71. The summed E-state index contributed by atoms with van der Waals surface area (Å²) in [4.78, 5) is 19.9. The third kappa shape index (κ3) is 3.80. The van der Waals surface area contributed by atoms with E-state index >= 15 is 0 Å². The Morgan fingerprint density at radius 3 is 2.79 bits per heavy atom. The highest BCUT2D eigenvalue weighted by Gasteiger charge is 2.28. The highest BCUT2D eigenvalue weighted by atomic mass is 35.5. The first-order valence-electron chi connectivity index (χ1n) is 6.63.